The van der Waals surface area contributed by atoms with E-state index >= 15 is 0 Å². The molecule has 0 N–H and O–H groups in total. The normalized spacial score (nSPS) is 17.7. The van der Waals surface area contributed by atoms with Crippen LogP contribution in [0.4, 0.5) is 5.69 Å². The third kappa shape index (κ3) is 2.81. The van der Waals surface area contributed by atoms with Crippen molar-refractivity contribution < 1.29 is 19.1 Å². The van der Waals surface area contributed by atoms with E-state index in [2.05, 4.69) is 0 Å². The van der Waals surface area contributed by atoms with Crippen molar-refractivity contribution in [2.45, 2.75) is 20.0 Å². The molecule has 0 aromatic heterocycles. The van der Waals surface area contributed by atoms with Crippen molar-refractivity contribution in [2.24, 2.45) is 0 Å². The number of hydrogen-bond acceptors (Lipinski definition) is 4. The van der Waals surface area contributed by atoms with Crippen LogP contribution in [0.5, 0.6) is 5.75 Å². The van der Waals surface area contributed by atoms with Crippen LogP contribution in [0.15, 0.2) is 18.2 Å². The zero-order valence-electron chi connectivity index (χ0n) is 10.7. The molecule has 0 fully saturated rings. The first-order valence-electron chi connectivity index (χ1n) is 5.96. The maximum Gasteiger partial charge on any atom is 0.326 e. The molecule has 0 spiro atoms. The monoisotopic (exact) mass is 283 g/mol. The van der Waals surface area contributed by atoms with Crippen molar-refractivity contribution in [1.82, 2.24) is 0 Å². The molecule has 1 aromatic carbocycles. The molecular weight excluding hydrogens is 270 g/mol. The summed E-state index contributed by atoms with van der Waals surface area (Å²) < 4.78 is 10.3. The SMILES string of the molecule is CCOC(=O)CN1C(=O)C(C)Oc2ccc(Cl)cc21. The molecule has 0 saturated carbocycles. The first-order chi connectivity index (χ1) is 9.02. The molecule has 6 heteroatoms. The van der Waals surface area contributed by atoms with Crippen LogP contribution in [0.2, 0.25) is 5.02 Å². The average molecular weight is 284 g/mol. The number of ether oxygens (including phenoxy) is 2. The number of nitrogens with zero attached hydrogens (tertiary/aromatic N) is 1. The fourth-order valence-electron chi connectivity index (χ4n) is 1.88. The highest BCUT2D eigenvalue weighted by atomic mass is 35.5. The molecule has 1 atom stereocenters. The van der Waals surface area contributed by atoms with Crippen molar-refractivity contribution in [1.29, 1.82) is 0 Å². The maximum atomic E-state index is 12.1. The van der Waals surface area contributed by atoms with Gasteiger partial charge in [-0.15, -0.1) is 0 Å². The van der Waals surface area contributed by atoms with Crippen LogP contribution < -0.4 is 9.64 Å². The second-order valence-corrected chi connectivity index (χ2v) is 4.54. The number of rotatable bonds is 3. The second-order valence-electron chi connectivity index (χ2n) is 4.10. The lowest BCUT2D eigenvalue weighted by Gasteiger charge is -2.32. The topological polar surface area (TPSA) is 55.8 Å². The summed E-state index contributed by atoms with van der Waals surface area (Å²) in [5.41, 5.74) is 0.489. The molecule has 0 bridgehead atoms. The molecule has 1 aromatic rings. The minimum Gasteiger partial charge on any atom is -0.479 e. The van der Waals surface area contributed by atoms with Crippen molar-refractivity contribution in [3.63, 3.8) is 0 Å². The quantitative estimate of drug-likeness (QED) is 0.797. The molecule has 0 saturated heterocycles. The fourth-order valence-corrected chi connectivity index (χ4v) is 2.05. The molecule has 2 rings (SSSR count). The van der Waals surface area contributed by atoms with Crippen LogP contribution in [0.25, 0.3) is 0 Å². The molecule has 1 amide bonds. The highest BCUT2D eigenvalue weighted by molar-refractivity contribution is 6.31. The minimum absolute atomic E-state index is 0.145. The molecule has 1 aliphatic rings. The zero-order valence-corrected chi connectivity index (χ0v) is 11.4. The van der Waals surface area contributed by atoms with Gasteiger partial charge in [0.05, 0.1) is 12.3 Å². The van der Waals surface area contributed by atoms with Crippen molar-refractivity contribution >= 4 is 29.2 Å². The van der Waals surface area contributed by atoms with Gasteiger partial charge in [0.1, 0.15) is 12.3 Å². The summed E-state index contributed by atoms with van der Waals surface area (Å²) in [4.78, 5) is 25.0. The van der Waals surface area contributed by atoms with Crippen LogP contribution >= 0.6 is 11.6 Å². The summed E-state index contributed by atoms with van der Waals surface area (Å²) in [7, 11) is 0. The van der Waals surface area contributed by atoms with Gasteiger partial charge in [-0.05, 0) is 32.0 Å². The third-order valence-corrected chi connectivity index (χ3v) is 2.96. The molecule has 19 heavy (non-hydrogen) atoms. The summed E-state index contributed by atoms with van der Waals surface area (Å²) in [6, 6.07) is 4.95. The Bertz CT molecular complexity index is 517. The zero-order chi connectivity index (χ0) is 14.0. The summed E-state index contributed by atoms with van der Waals surface area (Å²) in [6.07, 6.45) is -0.636. The van der Waals surface area contributed by atoms with Crippen LogP contribution in [-0.2, 0) is 14.3 Å². The third-order valence-electron chi connectivity index (χ3n) is 2.72. The molecule has 1 unspecified atom stereocenters. The fraction of sp³-hybridized carbons (Fsp3) is 0.385. The highest BCUT2D eigenvalue weighted by Crippen LogP contribution is 2.35. The van der Waals surface area contributed by atoms with Crippen molar-refractivity contribution in [3.8, 4) is 5.75 Å². The highest BCUT2D eigenvalue weighted by Gasteiger charge is 2.33. The van der Waals surface area contributed by atoms with Gasteiger partial charge in [-0.2, -0.15) is 0 Å². The van der Waals surface area contributed by atoms with Crippen LogP contribution in [0.1, 0.15) is 13.8 Å². The predicted octanol–water partition coefficient (Wildman–Crippen LogP) is 2.02. The number of esters is 1. The number of anilines is 1. The van der Waals surface area contributed by atoms with Gasteiger partial charge in [-0.3, -0.25) is 14.5 Å². The Morgan fingerprint density at radius 1 is 1.53 bits per heavy atom. The maximum absolute atomic E-state index is 12.1. The number of hydrogen-bond donors (Lipinski definition) is 0. The predicted molar refractivity (Wildman–Crippen MR) is 70.5 cm³/mol. The Labute approximate surface area is 116 Å². The molecule has 1 aliphatic heterocycles. The lowest BCUT2D eigenvalue weighted by molar-refractivity contribution is -0.143. The van der Waals surface area contributed by atoms with E-state index in [1.54, 1.807) is 32.0 Å². The summed E-state index contributed by atoms with van der Waals surface area (Å²) in [5, 5.41) is 0.471. The number of halogens is 1. The first-order valence-corrected chi connectivity index (χ1v) is 6.34. The number of benzene rings is 1. The summed E-state index contributed by atoms with van der Waals surface area (Å²) in [5.74, 6) is -0.223. The van der Waals surface area contributed by atoms with E-state index < -0.39 is 12.1 Å². The van der Waals surface area contributed by atoms with Gasteiger partial charge in [0.15, 0.2) is 6.10 Å². The Balaban J connectivity index is 2.33. The number of amides is 1. The summed E-state index contributed by atoms with van der Waals surface area (Å²) >= 11 is 5.91. The van der Waals surface area contributed by atoms with E-state index in [0.29, 0.717) is 16.5 Å². The van der Waals surface area contributed by atoms with Gasteiger partial charge in [0.25, 0.3) is 5.91 Å². The average Bonchev–Trinajstić information content (AvgIpc) is 2.36. The molecule has 102 valence electrons. The van der Waals surface area contributed by atoms with Crippen LogP contribution in [0.3, 0.4) is 0 Å². The van der Waals surface area contributed by atoms with Crippen molar-refractivity contribution in [3.05, 3.63) is 23.2 Å². The van der Waals surface area contributed by atoms with Gasteiger partial charge in [-0.1, -0.05) is 11.6 Å². The van der Waals surface area contributed by atoms with E-state index in [9.17, 15) is 9.59 Å². The Morgan fingerprint density at radius 3 is 2.95 bits per heavy atom. The van der Waals surface area contributed by atoms with Crippen LogP contribution in [-0.4, -0.2) is 31.1 Å². The smallest absolute Gasteiger partial charge is 0.326 e. The molecule has 5 nitrogen and oxygen atoms in total. The first kappa shape index (κ1) is 13.7. The van der Waals surface area contributed by atoms with Gasteiger partial charge in [0, 0.05) is 5.02 Å². The number of fused-ring (bicyclic) bond motifs is 1. The lowest BCUT2D eigenvalue weighted by atomic mass is 10.2. The number of carbonyl (C=O) groups is 2. The van der Waals surface area contributed by atoms with E-state index in [1.807, 2.05) is 0 Å². The van der Waals surface area contributed by atoms with Crippen LogP contribution in [0, 0.1) is 0 Å². The second kappa shape index (κ2) is 5.48. The molecule has 1 heterocycles. The Morgan fingerprint density at radius 2 is 2.26 bits per heavy atom. The van der Waals surface area contributed by atoms with Gasteiger partial charge >= 0.3 is 5.97 Å². The van der Waals surface area contributed by atoms with Gasteiger partial charge in [-0.25, -0.2) is 0 Å². The molecule has 0 radical (unpaired) electrons. The van der Waals surface area contributed by atoms with Crippen molar-refractivity contribution in [2.75, 3.05) is 18.1 Å². The minimum atomic E-state index is -0.636. The lowest BCUT2D eigenvalue weighted by Crippen LogP contribution is -2.47. The Hall–Kier alpha value is -1.75. The molecule has 0 aliphatic carbocycles. The summed E-state index contributed by atoms with van der Waals surface area (Å²) in [6.45, 7) is 3.48. The van der Waals surface area contributed by atoms with E-state index in [4.69, 9.17) is 21.1 Å². The number of carbonyl (C=O) groups excluding carboxylic acids is 2. The van der Waals surface area contributed by atoms with Gasteiger partial charge < -0.3 is 9.47 Å². The largest absolute Gasteiger partial charge is 0.479 e. The molecular formula is C13H14ClNO4. The Kier molecular flexibility index (Phi) is 3.95. The standard InChI is InChI=1S/C13H14ClNO4/c1-3-18-12(16)7-15-10-6-9(14)4-5-11(10)19-8(2)13(15)17/h4-6,8H,3,7H2,1-2H3. The van der Waals surface area contributed by atoms with Gasteiger partial charge in [0.2, 0.25) is 0 Å². The van der Waals surface area contributed by atoms with E-state index in [0.717, 1.165) is 0 Å². The van der Waals surface area contributed by atoms with E-state index in [1.165, 1.54) is 4.90 Å². The van der Waals surface area contributed by atoms with E-state index in [-0.39, 0.29) is 19.1 Å².